The number of benzene rings is 2. The summed E-state index contributed by atoms with van der Waals surface area (Å²) in [6.07, 6.45) is 1.53. The SMILES string of the molecule is O=C1/C(=C\c2ccc(OC(F)F)cc2)NC(=S)N1c1ccc(F)cc1. The Kier molecular flexibility index (Phi) is 4.71. The van der Waals surface area contributed by atoms with Crippen molar-refractivity contribution in [2.75, 3.05) is 4.90 Å². The number of hydrogen-bond donors (Lipinski definition) is 1. The smallest absolute Gasteiger partial charge is 0.387 e. The number of rotatable bonds is 4. The Labute approximate surface area is 146 Å². The fourth-order valence-electron chi connectivity index (χ4n) is 2.27. The lowest BCUT2D eigenvalue weighted by Crippen LogP contribution is -2.30. The van der Waals surface area contributed by atoms with Gasteiger partial charge in [0.2, 0.25) is 0 Å². The molecule has 4 nitrogen and oxygen atoms in total. The van der Waals surface area contributed by atoms with Crippen LogP contribution in [0.5, 0.6) is 5.75 Å². The Bertz CT molecular complexity index is 836. The number of carbonyl (C=O) groups is 1. The van der Waals surface area contributed by atoms with Crippen molar-refractivity contribution in [2.45, 2.75) is 6.61 Å². The van der Waals surface area contributed by atoms with Gasteiger partial charge in [-0.05, 0) is 60.3 Å². The highest BCUT2D eigenvalue weighted by atomic mass is 32.1. The number of nitrogens with one attached hydrogen (secondary N) is 1. The molecule has 1 fully saturated rings. The van der Waals surface area contributed by atoms with Crippen molar-refractivity contribution in [1.82, 2.24) is 5.32 Å². The largest absolute Gasteiger partial charge is 0.435 e. The number of amides is 1. The van der Waals surface area contributed by atoms with Gasteiger partial charge in [-0.25, -0.2) is 4.39 Å². The van der Waals surface area contributed by atoms with Crippen molar-refractivity contribution in [3.8, 4) is 5.75 Å². The molecule has 0 atom stereocenters. The Balaban J connectivity index is 1.81. The molecule has 0 aromatic heterocycles. The Hall–Kier alpha value is -2.87. The number of carbonyl (C=O) groups excluding carboxylic acids is 1. The van der Waals surface area contributed by atoms with Crippen LogP contribution < -0.4 is 15.0 Å². The van der Waals surface area contributed by atoms with E-state index in [1.165, 1.54) is 59.5 Å². The summed E-state index contributed by atoms with van der Waals surface area (Å²) in [7, 11) is 0. The zero-order valence-electron chi connectivity index (χ0n) is 12.6. The molecule has 2 aromatic rings. The molecule has 1 heterocycles. The first-order valence-electron chi connectivity index (χ1n) is 7.11. The number of halogens is 3. The highest BCUT2D eigenvalue weighted by molar-refractivity contribution is 7.80. The molecule has 0 saturated carbocycles. The standard InChI is InChI=1S/C17H11F3N2O2S/c18-11-3-5-12(6-4-11)22-15(23)14(21-17(22)25)9-10-1-7-13(8-2-10)24-16(19)20/h1-9,16H,(H,21,25)/b14-9+. The zero-order valence-corrected chi connectivity index (χ0v) is 13.4. The molecule has 1 saturated heterocycles. The average Bonchev–Trinajstić information content (AvgIpc) is 2.84. The van der Waals surface area contributed by atoms with Gasteiger partial charge in [-0.2, -0.15) is 8.78 Å². The normalized spacial score (nSPS) is 15.8. The van der Waals surface area contributed by atoms with Crippen molar-refractivity contribution >= 4 is 35.0 Å². The maximum atomic E-state index is 13.0. The van der Waals surface area contributed by atoms with Crippen LogP contribution >= 0.6 is 12.2 Å². The first-order valence-corrected chi connectivity index (χ1v) is 7.52. The van der Waals surface area contributed by atoms with E-state index in [1.807, 2.05) is 0 Å². The second-order valence-corrected chi connectivity index (χ2v) is 5.44. The van der Waals surface area contributed by atoms with Crippen LogP contribution in [0.2, 0.25) is 0 Å². The van der Waals surface area contributed by atoms with E-state index in [0.29, 0.717) is 11.3 Å². The second-order valence-electron chi connectivity index (χ2n) is 5.05. The van der Waals surface area contributed by atoms with E-state index in [9.17, 15) is 18.0 Å². The van der Waals surface area contributed by atoms with Crippen LogP contribution in [0.15, 0.2) is 54.2 Å². The van der Waals surface area contributed by atoms with E-state index >= 15 is 0 Å². The van der Waals surface area contributed by atoms with Gasteiger partial charge in [-0.3, -0.25) is 9.69 Å². The number of nitrogens with zero attached hydrogens (tertiary/aromatic N) is 1. The van der Waals surface area contributed by atoms with Gasteiger partial charge < -0.3 is 10.1 Å². The van der Waals surface area contributed by atoms with Gasteiger partial charge in [0.05, 0.1) is 5.69 Å². The highest BCUT2D eigenvalue weighted by Gasteiger charge is 2.31. The minimum Gasteiger partial charge on any atom is -0.435 e. The summed E-state index contributed by atoms with van der Waals surface area (Å²) in [5.41, 5.74) is 1.26. The molecule has 0 radical (unpaired) electrons. The molecule has 25 heavy (non-hydrogen) atoms. The molecule has 0 aliphatic carbocycles. The van der Waals surface area contributed by atoms with Crippen LogP contribution in [0.3, 0.4) is 0 Å². The third-order valence-corrected chi connectivity index (χ3v) is 3.66. The van der Waals surface area contributed by atoms with E-state index in [-0.39, 0.29) is 16.6 Å². The molecule has 1 amide bonds. The van der Waals surface area contributed by atoms with Crippen molar-refractivity contribution < 1.29 is 22.7 Å². The fraction of sp³-hybridized carbons (Fsp3) is 0.0588. The lowest BCUT2D eigenvalue weighted by molar-refractivity contribution is -0.113. The van der Waals surface area contributed by atoms with Crippen LogP contribution in [0, 0.1) is 5.82 Å². The zero-order chi connectivity index (χ0) is 18.0. The van der Waals surface area contributed by atoms with Crippen molar-refractivity contribution in [1.29, 1.82) is 0 Å². The fourth-order valence-corrected chi connectivity index (χ4v) is 2.57. The number of thiocarbonyl (C=S) groups is 1. The molecule has 0 bridgehead atoms. The predicted molar refractivity (Wildman–Crippen MR) is 90.7 cm³/mol. The van der Waals surface area contributed by atoms with Gasteiger partial charge in [-0.1, -0.05) is 12.1 Å². The topological polar surface area (TPSA) is 41.6 Å². The molecule has 128 valence electrons. The minimum absolute atomic E-state index is 0.0197. The quantitative estimate of drug-likeness (QED) is 0.664. The number of hydrogen-bond acceptors (Lipinski definition) is 3. The summed E-state index contributed by atoms with van der Waals surface area (Å²) in [4.78, 5) is 13.8. The Morgan fingerprint density at radius 1 is 1.08 bits per heavy atom. The van der Waals surface area contributed by atoms with Crippen LogP contribution in [0.1, 0.15) is 5.56 Å². The van der Waals surface area contributed by atoms with Crippen molar-refractivity contribution in [3.63, 3.8) is 0 Å². The number of ether oxygens (including phenoxy) is 1. The molecule has 1 aliphatic heterocycles. The molecule has 1 aliphatic rings. The lowest BCUT2D eigenvalue weighted by atomic mass is 10.2. The molecular weight excluding hydrogens is 353 g/mol. The first kappa shape index (κ1) is 17.0. The Morgan fingerprint density at radius 2 is 1.72 bits per heavy atom. The summed E-state index contributed by atoms with van der Waals surface area (Å²) < 4.78 is 41.6. The van der Waals surface area contributed by atoms with E-state index in [4.69, 9.17) is 12.2 Å². The number of anilines is 1. The van der Waals surface area contributed by atoms with Gasteiger partial charge >= 0.3 is 6.61 Å². The average molecular weight is 364 g/mol. The highest BCUT2D eigenvalue weighted by Crippen LogP contribution is 2.23. The van der Waals surface area contributed by atoms with Crippen LogP contribution in [0.25, 0.3) is 6.08 Å². The molecular formula is C17H11F3N2O2S. The van der Waals surface area contributed by atoms with Crippen molar-refractivity contribution in [3.05, 3.63) is 65.6 Å². The van der Waals surface area contributed by atoms with E-state index in [0.717, 1.165) is 0 Å². The second kappa shape index (κ2) is 6.94. The van der Waals surface area contributed by atoms with E-state index < -0.39 is 18.3 Å². The summed E-state index contributed by atoms with van der Waals surface area (Å²) in [5, 5.41) is 2.95. The van der Waals surface area contributed by atoms with Gasteiger partial charge in [0.1, 0.15) is 17.3 Å². The summed E-state index contributed by atoms with van der Waals surface area (Å²) >= 11 is 5.15. The third kappa shape index (κ3) is 3.80. The maximum absolute atomic E-state index is 13.0. The van der Waals surface area contributed by atoms with Crippen LogP contribution in [-0.2, 0) is 4.79 Å². The van der Waals surface area contributed by atoms with Gasteiger partial charge in [-0.15, -0.1) is 0 Å². The first-order chi connectivity index (χ1) is 11.9. The van der Waals surface area contributed by atoms with Gasteiger partial charge in [0.15, 0.2) is 5.11 Å². The number of alkyl halides is 2. The summed E-state index contributed by atoms with van der Waals surface area (Å²) in [6.45, 7) is -2.90. The Morgan fingerprint density at radius 3 is 2.32 bits per heavy atom. The summed E-state index contributed by atoms with van der Waals surface area (Å²) in [6, 6.07) is 11.2. The molecule has 2 aromatic carbocycles. The molecule has 1 N–H and O–H groups in total. The van der Waals surface area contributed by atoms with E-state index in [2.05, 4.69) is 10.1 Å². The van der Waals surface area contributed by atoms with Crippen LogP contribution in [-0.4, -0.2) is 17.6 Å². The lowest BCUT2D eigenvalue weighted by Gasteiger charge is -2.13. The predicted octanol–water partition coefficient (Wildman–Crippen LogP) is 3.69. The monoisotopic (exact) mass is 364 g/mol. The van der Waals surface area contributed by atoms with E-state index in [1.54, 1.807) is 0 Å². The third-order valence-electron chi connectivity index (χ3n) is 3.38. The summed E-state index contributed by atoms with van der Waals surface area (Å²) in [5.74, 6) is -0.799. The molecule has 8 heteroatoms. The maximum Gasteiger partial charge on any atom is 0.387 e. The van der Waals surface area contributed by atoms with Crippen LogP contribution in [0.4, 0.5) is 18.9 Å². The van der Waals surface area contributed by atoms with Crippen molar-refractivity contribution in [2.24, 2.45) is 0 Å². The minimum atomic E-state index is -2.90. The molecule has 0 spiro atoms. The molecule has 3 rings (SSSR count). The van der Waals surface area contributed by atoms with Gasteiger partial charge in [0, 0.05) is 0 Å². The van der Waals surface area contributed by atoms with Gasteiger partial charge in [0.25, 0.3) is 5.91 Å². The molecule has 0 unspecified atom stereocenters.